The summed E-state index contributed by atoms with van der Waals surface area (Å²) in [5.74, 6) is -5.98. The summed E-state index contributed by atoms with van der Waals surface area (Å²) in [6.07, 6.45) is -5.88. The Kier molecular flexibility index (Phi) is 11.6. The minimum Gasteiger partial charge on any atom is -0.371 e. The van der Waals surface area contributed by atoms with Gasteiger partial charge < -0.3 is 28.8 Å². The smallest absolute Gasteiger partial charge is 0.301 e. The summed E-state index contributed by atoms with van der Waals surface area (Å²) >= 11 is 0. The average molecular weight is 667 g/mol. The molecule has 0 bridgehead atoms. The van der Waals surface area contributed by atoms with Gasteiger partial charge in [0.25, 0.3) is 0 Å². The molecule has 6 nitrogen and oxygen atoms in total. The number of benzene rings is 5. The molecular weight excluding hydrogens is 626 g/mol. The van der Waals surface area contributed by atoms with Crippen LogP contribution in [0.4, 0.5) is 8.78 Å². The van der Waals surface area contributed by atoms with Crippen LogP contribution in [-0.2, 0) is 56.0 Å². The Morgan fingerprint density at radius 2 is 0.918 bits per heavy atom. The van der Waals surface area contributed by atoms with E-state index in [2.05, 4.69) is 0 Å². The molecule has 0 unspecified atom stereocenters. The second-order valence-corrected chi connectivity index (χ2v) is 12.1. The van der Waals surface area contributed by atoms with E-state index in [1.165, 1.54) is 24.3 Å². The molecule has 1 N–H and O–H groups in total. The lowest BCUT2D eigenvalue weighted by Crippen LogP contribution is -2.70. The molecular formula is C41H40F2O6. The van der Waals surface area contributed by atoms with Crippen molar-refractivity contribution < 1.29 is 37.6 Å². The first-order valence-corrected chi connectivity index (χ1v) is 16.3. The molecule has 49 heavy (non-hydrogen) atoms. The molecule has 6 rings (SSSR count). The van der Waals surface area contributed by atoms with E-state index in [1.807, 2.05) is 121 Å². The van der Waals surface area contributed by atoms with Gasteiger partial charge in [-0.2, -0.15) is 8.78 Å². The predicted octanol–water partition coefficient (Wildman–Crippen LogP) is 7.84. The Balaban J connectivity index is 1.40. The van der Waals surface area contributed by atoms with Crippen LogP contribution in [0.15, 0.2) is 152 Å². The molecule has 8 heteroatoms. The summed E-state index contributed by atoms with van der Waals surface area (Å²) < 4.78 is 65.1. The van der Waals surface area contributed by atoms with Crippen molar-refractivity contribution in [3.05, 3.63) is 179 Å². The van der Waals surface area contributed by atoms with Crippen molar-refractivity contribution in [1.82, 2.24) is 0 Å². The van der Waals surface area contributed by atoms with Crippen LogP contribution >= 0.6 is 0 Å². The molecule has 1 aliphatic heterocycles. The number of rotatable bonds is 15. The summed E-state index contributed by atoms with van der Waals surface area (Å²) in [5.41, 5.74) is 2.96. The molecule has 5 atom stereocenters. The van der Waals surface area contributed by atoms with Crippen molar-refractivity contribution in [2.24, 2.45) is 0 Å². The normalized spacial score (nSPS) is 22.5. The fourth-order valence-corrected chi connectivity index (χ4v) is 5.95. The fraction of sp³-hybridized carbons (Fsp3) is 0.268. The van der Waals surface area contributed by atoms with E-state index in [9.17, 15) is 5.11 Å². The maximum atomic E-state index is 16.8. The third kappa shape index (κ3) is 8.85. The summed E-state index contributed by atoms with van der Waals surface area (Å²) in [7, 11) is 0. The summed E-state index contributed by atoms with van der Waals surface area (Å²) in [5, 5.41) is 12.4. The highest BCUT2D eigenvalue weighted by atomic mass is 19.3. The van der Waals surface area contributed by atoms with Crippen LogP contribution in [0.5, 0.6) is 0 Å². The Morgan fingerprint density at radius 3 is 1.39 bits per heavy atom. The average Bonchev–Trinajstić information content (AvgIpc) is 3.15. The zero-order valence-corrected chi connectivity index (χ0v) is 27.0. The van der Waals surface area contributed by atoms with Gasteiger partial charge >= 0.3 is 5.92 Å². The zero-order chi connectivity index (χ0) is 33.9. The fourth-order valence-electron chi connectivity index (χ4n) is 5.95. The van der Waals surface area contributed by atoms with Gasteiger partial charge in [-0.25, -0.2) is 0 Å². The molecule has 0 spiro atoms. The van der Waals surface area contributed by atoms with E-state index < -0.39 is 42.7 Å². The second kappa shape index (κ2) is 16.4. The van der Waals surface area contributed by atoms with Crippen LogP contribution in [0.25, 0.3) is 0 Å². The van der Waals surface area contributed by atoms with Crippen LogP contribution in [0, 0.1) is 0 Å². The molecule has 0 aliphatic carbocycles. The van der Waals surface area contributed by atoms with E-state index in [4.69, 9.17) is 23.7 Å². The van der Waals surface area contributed by atoms with E-state index >= 15 is 8.78 Å². The first kappa shape index (κ1) is 34.6. The van der Waals surface area contributed by atoms with Gasteiger partial charge in [-0.15, -0.1) is 0 Å². The number of hydrogen-bond acceptors (Lipinski definition) is 6. The predicted molar refractivity (Wildman–Crippen MR) is 181 cm³/mol. The highest BCUT2D eigenvalue weighted by molar-refractivity contribution is 5.24. The number of ether oxygens (including phenoxy) is 5. The maximum absolute atomic E-state index is 16.8. The standard InChI is InChI=1S/C41H40F2O6/c42-41(43,35-24-14-5-15-25-35)39-37(47-28-33-20-10-3-11-21-33)36(46-27-32-18-8-2-9-19-32)38(48-29-34-22-12-4-13-23-34)40(44,49-39)30-45-26-31-16-6-1-7-17-31/h1-25,36-39,44H,26-30H2/t36-,37-,38+,39-,40-/m1/s1. The number of aliphatic hydroxyl groups is 1. The number of hydrogen-bond donors (Lipinski definition) is 1. The SMILES string of the molecule is O[C@]1(COCc2ccccc2)O[C@@H](C(F)(F)c2ccccc2)[C@H](OCc2ccccc2)[C@@H](OCc2ccccc2)[C@@H]1OCc1ccccc1. The highest BCUT2D eigenvalue weighted by Gasteiger charge is 2.63. The lowest BCUT2D eigenvalue weighted by atomic mass is 9.87. The molecule has 1 fully saturated rings. The molecule has 0 saturated carbocycles. The second-order valence-electron chi connectivity index (χ2n) is 12.1. The zero-order valence-electron chi connectivity index (χ0n) is 27.0. The minimum absolute atomic E-state index is 0.00419. The monoisotopic (exact) mass is 666 g/mol. The van der Waals surface area contributed by atoms with Crippen LogP contribution in [0.2, 0.25) is 0 Å². The molecule has 5 aromatic carbocycles. The van der Waals surface area contributed by atoms with Crippen molar-refractivity contribution in [1.29, 1.82) is 0 Å². The molecule has 5 aromatic rings. The Bertz CT molecular complexity index is 1680. The van der Waals surface area contributed by atoms with Crippen LogP contribution in [-0.4, -0.2) is 41.9 Å². The number of alkyl halides is 2. The van der Waals surface area contributed by atoms with Crippen molar-refractivity contribution in [3.63, 3.8) is 0 Å². The molecule has 0 amide bonds. The third-order valence-corrected chi connectivity index (χ3v) is 8.48. The van der Waals surface area contributed by atoms with Crippen molar-refractivity contribution in [2.75, 3.05) is 6.61 Å². The van der Waals surface area contributed by atoms with Crippen molar-refractivity contribution in [3.8, 4) is 0 Å². The molecule has 1 aliphatic rings. The quantitative estimate of drug-likeness (QED) is 0.123. The van der Waals surface area contributed by atoms with E-state index in [0.717, 1.165) is 22.3 Å². The Labute approximate surface area is 285 Å². The topological polar surface area (TPSA) is 66.4 Å². The van der Waals surface area contributed by atoms with Gasteiger partial charge in [0.2, 0.25) is 5.79 Å². The first-order valence-electron chi connectivity index (χ1n) is 16.3. The summed E-state index contributed by atoms with van der Waals surface area (Å²) in [4.78, 5) is 0. The molecule has 1 saturated heterocycles. The van der Waals surface area contributed by atoms with Gasteiger partial charge in [0.1, 0.15) is 24.9 Å². The highest BCUT2D eigenvalue weighted by Crippen LogP contribution is 2.45. The van der Waals surface area contributed by atoms with Crippen LogP contribution < -0.4 is 0 Å². The maximum Gasteiger partial charge on any atom is 0.301 e. The Morgan fingerprint density at radius 1 is 0.531 bits per heavy atom. The Hall–Kier alpha value is -4.28. The summed E-state index contributed by atoms with van der Waals surface area (Å²) in [6.45, 7) is -0.269. The van der Waals surface area contributed by atoms with Crippen molar-refractivity contribution in [2.45, 2.75) is 62.6 Å². The van der Waals surface area contributed by atoms with E-state index in [1.54, 1.807) is 6.07 Å². The van der Waals surface area contributed by atoms with Gasteiger partial charge in [-0.3, -0.25) is 0 Å². The first-order chi connectivity index (χ1) is 23.9. The molecule has 254 valence electrons. The van der Waals surface area contributed by atoms with Gasteiger partial charge in [-0.1, -0.05) is 152 Å². The number of halogens is 2. The van der Waals surface area contributed by atoms with Gasteiger partial charge in [0.15, 0.2) is 6.10 Å². The minimum atomic E-state index is -3.62. The largest absolute Gasteiger partial charge is 0.371 e. The summed E-state index contributed by atoms with van der Waals surface area (Å²) in [6, 6.07) is 44.8. The van der Waals surface area contributed by atoms with E-state index in [0.29, 0.717) is 0 Å². The van der Waals surface area contributed by atoms with Gasteiger partial charge in [0, 0.05) is 5.56 Å². The van der Waals surface area contributed by atoms with Crippen LogP contribution in [0.3, 0.4) is 0 Å². The third-order valence-electron chi connectivity index (χ3n) is 8.48. The van der Waals surface area contributed by atoms with Crippen LogP contribution in [0.1, 0.15) is 27.8 Å². The lowest BCUT2D eigenvalue weighted by molar-refractivity contribution is -0.401. The molecule has 1 heterocycles. The van der Waals surface area contributed by atoms with Gasteiger partial charge in [0.05, 0.1) is 26.4 Å². The van der Waals surface area contributed by atoms with E-state index in [-0.39, 0.29) is 32.0 Å². The molecule has 0 aromatic heterocycles. The lowest BCUT2D eigenvalue weighted by Gasteiger charge is -2.51. The van der Waals surface area contributed by atoms with Crippen molar-refractivity contribution >= 4 is 0 Å². The molecule has 0 radical (unpaired) electrons. The van der Waals surface area contributed by atoms with Gasteiger partial charge in [-0.05, 0) is 22.3 Å².